The molecule has 1 unspecified atom stereocenters. The molecular formula is C18H19N3OS2. The van der Waals surface area contributed by atoms with Gasteiger partial charge >= 0.3 is 0 Å². The number of aliphatic hydroxyl groups excluding tert-OH is 1. The van der Waals surface area contributed by atoms with E-state index < -0.39 is 6.23 Å². The van der Waals surface area contributed by atoms with Gasteiger partial charge in [0.2, 0.25) is 5.96 Å². The molecule has 0 amide bonds. The van der Waals surface area contributed by atoms with Gasteiger partial charge in [0.25, 0.3) is 0 Å². The Balaban J connectivity index is 1.66. The number of guanidine groups is 1. The van der Waals surface area contributed by atoms with Gasteiger partial charge in [-0.3, -0.25) is 4.90 Å². The predicted octanol–water partition coefficient (Wildman–Crippen LogP) is 3.99. The Kier molecular flexibility index (Phi) is 3.57. The summed E-state index contributed by atoms with van der Waals surface area (Å²) in [5.74, 6) is 2.03. The van der Waals surface area contributed by atoms with Crippen molar-refractivity contribution in [1.29, 1.82) is 0 Å². The zero-order chi connectivity index (χ0) is 16.1. The molecule has 0 aliphatic carbocycles. The molecule has 0 radical (unpaired) electrons. The molecule has 1 N–H and O–H groups in total. The van der Waals surface area contributed by atoms with Gasteiger partial charge in [-0.1, -0.05) is 18.2 Å². The molecule has 1 saturated heterocycles. The Bertz CT molecular complexity index is 796. The summed E-state index contributed by atoms with van der Waals surface area (Å²) in [5.41, 5.74) is 3.36. The summed E-state index contributed by atoms with van der Waals surface area (Å²) in [6.07, 6.45) is 2.79. The number of rotatable bonds is 1. The lowest BCUT2D eigenvalue weighted by molar-refractivity contribution is 0.182. The molecule has 1 aromatic heterocycles. The van der Waals surface area contributed by atoms with Crippen molar-refractivity contribution in [2.75, 3.05) is 23.7 Å². The molecule has 6 heteroatoms. The SMILES string of the molecule is OC1c2c(sc3c2CCS3)N=C(N2CCCC2)N1c1ccccc1. The van der Waals surface area contributed by atoms with Gasteiger partial charge in [-0.05, 0) is 37.0 Å². The third kappa shape index (κ3) is 2.20. The van der Waals surface area contributed by atoms with Crippen LogP contribution in [0, 0.1) is 0 Å². The largest absolute Gasteiger partial charge is 0.369 e. The lowest BCUT2D eigenvalue weighted by Gasteiger charge is -2.38. The lowest BCUT2D eigenvalue weighted by Crippen LogP contribution is -2.46. The van der Waals surface area contributed by atoms with Crippen LogP contribution in [0.15, 0.2) is 39.5 Å². The summed E-state index contributed by atoms with van der Waals surface area (Å²) in [6, 6.07) is 10.2. The van der Waals surface area contributed by atoms with Gasteiger partial charge in [0.05, 0.1) is 4.21 Å². The predicted molar refractivity (Wildman–Crippen MR) is 101 cm³/mol. The third-order valence-electron chi connectivity index (χ3n) is 4.92. The number of fused-ring (bicyclic) bond motifs is 3. The minimum atomic E-state index is -0.644. The molecule has 0 spiro atoms. The second-order valence-corrected chi connectivity index (χ2v) is 8.73. The van der Waals surface area contributed by atoms with E-state index in [0.29, 0.717) is 0 Å². The van der Waals surface area contributed by atoms with Crippen molar-refractivity contribution in [3.8, 4) is 0 Å². The van der Waals surface area contributed by atoms with Gasteiger partial charge < -0.3 is 10.0 Å². The maximum atomic E-state index is 11.3. The van der Waals surface area contributed by atoms with Crippen LogP contribution >= 0.6 is 23.1 Å². The Morgan fingerprint density at radius 2 is 1.92 bits per heavy atom. The first kappa shape index (κ1) is 14.8. The number of anilines is 1. The van der Waals surface area contributed by atoms with Gasteiger partial charge in [0.1, 0.15) is 5.00 Å². The van der Waals surface area contributed by atoms with E-state index >= 15 is 0 Å². The van der Waals surface area contributed by atoms with Crippen LogP contribution in [-0.4, -0.2) is 34.8 Å². The monoisotopic (exact) mass is 357 g/mol. The topological polar surface area (TPSA) is 39.1 Å². The standard InChI is InChI=1S/C18H19N3OS2/c22-16-14-13-8-11-23-17(13)24-15(14)19-18(20-9-4-5-10-20)21(16)12-6-2-1-3-7-12/h1-3,6-7,16,22H,4-5,8-11H2. The summed E-state index contributed by atoms with van der Waals surface area (Å²) in [7, 11) is 0. The van der Waals surface area contributed by atoms with Crippen molar-refractivity contribution in [2.24, 2.45) is 4.99 Å². The van der Waals surface area contributed by atoms with Crippen molar-refractivity contribution in [2.45, 2.75) is 29.7 Å². The number of hydrogen-bond acceptors (Lipinski definition) is 6. The Labute approximate surface area is 149 Å². The van der Waals surface area contributed by atoms with E-state index in [4.69, 9.17) is 4.99 Å². The first-order chi connectivity index (χ1) is 11.8. The molecule has 3 aliphatic rings. The Morgan fingerprint density at radius 3 is 2.71 bits per heavy atom. The molecule has 0 bridgehead atoms. The highest BCUT2D eigenvalue weighted by Gasteiger charge is 2.38. The zero-order valence-electron chi connectivity index (χ0n) is 13.3. The van der Waals surface area contributed by atoms with E-state index in [1.807, 2.05) is 34.9 Å². The van der Waals surface area contributed by atoms with Gasteiger partial charge in [0.15, 0.2) is 6.23 Å². The fourth-order valence-corrected chi connectivity index (χ4v) is 6.34. The average molecular weight is 358 g/mol. The average Bonchev–Trinajstić information content (AvgIpc) is 3.32. The second-order valence-electron chi connectivity index (χ2n) is 6.37. The third-order valence-corrected chi connectivity index (χ3v) is 7.38. The smallest absolute Gasteiger partial charge is 0.209 e. The molecule has 1 aromatic carbocycles. The summed E-state index contributed by atoms with van der Waals surface area (Å²) < 4.78 is 1.35. The minimum absolute atomic E-state index is 0.644. The Hall–Kier alpha value is -1.50. The number of likely N-dealkylation sites (tertiary alicyclic amines) is 1. The minimum Gasteiger partial charge on any atom is -0.369 e. The van der Waals surface area contributed by atoms with Crippen LogP contribution in [-0.2, 0) is 6.42 Å². The number of thioether (sulfide) groups is 1. The molecule has 4 nitrogen and oxygen atoms in total. The van der Waals surface area contributed by atoms with Crippen LogP contribution in [0.2, 0.25) is 0 Å². The molecule has 24 heavy (non-hydrogen) atoms. The van der Waals surface area contributed by atoms with Crippen LogP contribution in [0.5, 0.6) is 0 Å². The fourth-order valence-electron chi connectivity index (χ4n) is 3.76. The molecule has 124 valence electrons. The van der Waals surface area contributed by atoms with Crippen molar-refractivity contribution in [3.05, 3.63) is 41.5 Å². The quantitative estimate of drug-likeness (QED) is 0.838. The summed E-state index contributed by atoms with van der Waals surface area (Å²) >= 11 is 3.65. The second kappa shape index (κ2) is 5.79. The zero-order valence-corrected chi connectivity index (χ0v) is 14.9. The number of aliphatic hydroxyl groups is 1. The molecule has 1 atom stereocenters. The van der Waals surface area contributed by atoms with Crippen molar-refractivity contribution in [3.63, 3.8) is 0 Å². The number of aliphatic imine (C=N–C) groups is 1. The van der Waals surface area contributed by atoms with Crippen LogP contribution in [0.4, 0.5) is 10.7 Å². The molecule has 3 aliphatic heterocycles. The van der Waals surface area contributed by atoms with Crippen molar-refractivity contribution >= 4 is 39.7 Å². The highest BCUT2D eigenvalue weighted by molar-refractivity contribution is 8.01. The maximum absolute atomic E-state index is 11.3. The van der Waals surface area contributed by atoms with Crippen molar-refractivity contribution < 1.29 is 5.11 Å². The summed E-state index contributed by atoms with van der Waals surface area (Å²) in [6.45, 7) is 2.04. The van der Waals surface area contributed by atoms with Gasteiger partial charge in [-0.25, -0.2) is 4.99 Å². The first-order valence-electron chi connectivity index (χ1n) is 8.47. The normalized spacial score (nSPS) is 22.5. The number of benzene rings is 1. The van der Waals surface area contributed by atoms with E-state index in [2.05, 4.69) is 17.0 Å². The van der Waals surface area contributed by atoms with Crippen LogP contribution < -0.4 is 4.90 Å². The number of para-hydroxylation sites is 1. The van der Waals surface area contributed by atoms with Gasteiger partial charge in [-0.2, -0.15) is 0 Å². The summed E-state index contributed by atoms with van der Waals surface area (Å²) in [4.78, 5) is 9.35. The summed E-state index contributed by atoms with van der Waals surface area (Å²) in [5, 5.41) is 12.3. The molecule has 2 aromatic rings. The highest BCUT2D eigenvalue weighted by Crippen LogP contribution is 2.51. The lowest BCUT2D eigenvalue weighted by atomic mass is 10.1. The molecule has 1 fully saturated rings. The Morgan fingerprint density at radius 1 is 1.12 bits per heavy atom. The number of thiophene rings is 1. The molecule has 5 rings (SSSR count). The number of hydrogen-bond donors (Lipinski definition) is 1. The van der Waals surface area contributed by atoms with E-state index in [9.17, 15) is 5.11 Å². The maximum Gasteiger partial charge on any atom is 0.209 e. The highest BCUT2D eigenvalue weighted by atomic mass is 32.2. The first-order valence-corrected chi connectivity index (χ1v) is 10.3. The van der Waals surface area contributed by atoms with Crippen LogP contribution in [0.25, 0.3) is 0 Å². The molecular weight excluding hydrogens is 338 g/mol. The van der Waals surface area contributed by atoms with Crippen LogP contribution in [0.3, 0.4) is 0 Å². The van der Waals surface area contributed by atoms with Crippen molar-refractivity contribution in [1.82, 2.24) is 4.90 Å². The van der Waals surface area contributed by atoms with Gasteiger partial charge in [-0.15, -0.1) is 23.1 Å². The van der Waals surface area contributed by atoms with Gasteiger partial charge in [0, 0.05) is 30.1 Å². The number of nitrogens with zero attached hydrogens (tertiary/aromatic N) is 3. The molecule has 0 saturated carbocycles. The van der Waals surface area contributed by atoms with E-state index in [1.165, 1.54) is 22.6 Å². The van der Waals surface area contributed by atoms with E-state index in [0.717, 1.165) is 47.5 Å². The van der Waals surface area contributed by atoms with Crippen LogP contribution in [0.1, 0.15) is 30.2 Å². The fraction of sp³-hybridized carbons (Fsp3) is 0.389. The van der Waals surface area contributed by atoms with E-state index in [1.54, 1.807) is 11.3 Å². The molecule has 4 heterocycles. The van der Waals surface area contributed by atoms with E-state index in [-0.39, 0.29) is 0 Å².